The first-order chi connectivity index (χ1) is 12.7. The zero-order chi connectivity index (χ0) is 19.8. The molecule has 0 fully saturated rings. The average Bonchev–Trinajstić information content (AvgIpc) is 2.56. The Hall–Kier alpha value is -2.13. The Morgan fingerprint density at radius 1 is 1.37 bits per heavy atom. The molecule has 0 bridgehead atoms. The molecule has 0 aliphatic carbocycles. The quantitative estimate of drug-likeness (QED) is 0.610. The zero-order valence-corrected chi connectivity index (χ0v) is 16.6. The summed E-state index contributed by atoms with van der Waals surface area (Å²) in [6.45, 7) is 0.708. The number of sulfonamides is 1. The third-order valence-electron chi connectivity index (χ3n) is 3.90. The lowest BCUT2D eigenvalue weighted by Crippen LogP contribution is -2.16. The van der Waals surface area contributed by atoms with Crippen molar-refractivity contribution < 1.29 is 26.7 Å². The smallest absolute Gasteiger partial charge is 0.387 e. The molecule has 27 heavy (non-hydrogen) atoms. The molecule has 1 atom stereocenters. The van der Waals surface area contributed by atoms with Crippen molar-refractivity contribution in [2.45, 2.75) is 19.1 Å². The van der Waals surface area contributed by atoms with Gasteiger partial charge in [0.25, 0.3) is 0 Å². The zero-order valence-electron chi connectivity index (χ0n) is 14.2. The second kappa shape index (κ2) is 7.47. The van der Waals surface area contributed by atoms with Crippen LogP contribution < -0.4 is 14.2 Å². The van der Waals surface area contributed by atoms with Crippen LogP contribution in [-0.2, 0) is 10.0 Å². The molecule has 1 N–H and O–H groups in total. The molecule has 9 heteroatoms. The fourth-order valence-corrected chi connectivity index (χ4v) is 3.95. The topological polar surface area (TPSA) is 64.6 Å². The molecule has 1 aliphatic heterocycles. The summed E-state index contributed by atoms with van der Waals surface area (Å²) in [5.74, 6) is 0.363. The highest BCUT2D eigenvalue weighted by Gasteiger charge is 2.30. The van der Waals surface area contributed by atoms with Gasteiger partial charge in [-0.15, -0.1) is 6.58 Å². The summed E-state index contributed by atoms with van der Waals surface area (Å²) in [5.41, 5.74) is 2.00. The fraction of sp³-hybridized carbons (Fsp3) is 0.222. The Balaban J connectivity index is 2.20. The maximum Gasteiger partial charge on any atom is 0.387 e. The van der Waals surface area contributed by atoms with Crippen LogP contribution in [0.15, 0.2) is 47.5 Å². The van der Waals surface area contributed by atoms with E-state index in [2.05, 4.69) is 27.2 Å². The van der Waals surface area contributed by atoms with Gasteiger partial charge in [-0.2, -0.15) is 8.78 Å². The standard InChI is InChI=1S/C18H16BrF2NO4S/c1-3-4-14-12-9-10(22-27(2,23)24)5-6-11(12)16-15(25-14)8-7-13(19)17(16)26-18(20)21/h3,5-9,14,18,22H,1,4H2,2H3. The molecular weight excluding hydrogens is 444 g/mol. The number of rotatable bonds is 6. The van der Waals surface area contributed by atoms with Gasteiger partial charge >= 0.3 is 6.61 Å². The van der Waals surface area contributed by atoms with E-state index in [0.717, 1.165) is 6.26 Å². The molecular formula is C18H16BrF2NO4S. The SMILES string of the molecule is C=CCC1Oc2ccc(Br)c(OC(F)F)c2-c2ccc(NS(C)(=O)=O)cc21. The number of nitrogens with one attached hydrogen (secondary N) is 1. The monoisotopic (exact) mass is 459 g/mol. The molecule has 2 aromatic rings. The molecule has 1 unspecified atom stereocenters. The Kier molecular flexibility index (Phi) is 5.43. The Morgan fingerprint density at radius 3 is 2.74 bits per heavy atom. The van der Waals surface area contributed by atoms with Crippen LogP contribution >= 0.6 is 15.9 Å². The van der Waals surface area contributed by atoms with Gasteiger partial charge in [0.2, 0.25) is 10.0 Å². The normalized spacial score (nSPS) is 15.5. The highest BCUT2D eigenvalue weighted by atomic mass is 79.9. The summed E-state index contributed by atoms with van der Waals surface area (Å²) >= 11 is 3.23. The maximum atomic E-state index is 12.9. The van der Waals surface area contributed by atoms with Crippen LogP contribution in [0.25, 0.3) is 11.1 Å². The molecule has 0 spiro atoms. The number of ether oxygens (including phenoxy) is 2. The van der Waals surface area contributed by atoms with E-state index in [1.54, 1.807) is 36.4 Å². The molecule has 3 rings (SSSR count). The lowest BCUT2D eigenvalue weighted by atomic mass is 9.90. The number of benzene rings is 2. The third kappa shape index (κ3) is 4.24. The predicted octanol–water partition coefficient (Wildman–Crippen LogP) is 5.10. The molecule has 1 heterocycles. The number of anilines is 1. The Morgan fingerprint density at radius 2 is 2.11 bits per heavy atom. The number of hydrogen-bond donors (Lipinski definition) is 1. The van der Waals surface area contributed by atoms with E-state index >= 15 is 0 Å². The van der Waals surface area contributed by atoms with E-state index in [0.29, 0.717) is 39.0 Å². The highest BCUT2D eigenvalue weighted by molar-refractivity contribution is 9.10. The van der Waals surface area contributed by atoms with Crippen molar-refractivity contribution in [2.24, 2.45) is 0 Å². The number of halogens is 3. The van der Waals surface area contributed by atoms with Crippen molar-refractivity contribution in [3.8, 4) is 22.6 Å². The Bertz CT molecular complexity index is 995. The summed E-state index contributed by atoms with van der Waals surface area (Å²) in [7, 11) is -3.47. The number of alkyl halides is 2. The largest absolute Gasteiger partial charge is 0.485 e. The van der Waals surface area contributed by atoms with Gasteiger partial charge in [-0.25, -0.2) is 8.42 Å². The van der Waals surface area contributed by atoms with E-state index in [9.17, 15) is 17.2 Å². The third-order valence-corrected chi connectivity index (χ3v) is 5.13. The second-order valence-corrected chi connectivity index (χ2v) is 8.54. The molecule has 2 aromatic carbocycles. The fourth-order valence-electron chi connectivity index (χ4n) is 2.97. The van der Waals surface area contributed by atoms with Crippen molar-refractivity contribution in [1.29, 1.82) is 0 Å². The van der Waals surface area contributed by atoms with Crippen LogP contribution in [0.1, 0.15) is 18.1 Å². The number of fused-ring (bicyclic) bond motifs is 3. The molecule has 1 aliphatic rings. The molecule has 0 saturated heterocycles. The van der Waals surface area contributed by atoms with E-state index in [4.69, 9.17) is 9.47 Å². The first kappa shape index (κ1) is 19.6. The van der Waals surface area contributed by atoms with Crippen LogP contribution in [0, 0.1) is 0 Å². The Labute approximate surface area is 164 Å². The lowest BCUT2D eigenvalue weighted by molar-refractivity contribution is -0.0501. The first-order valence-electron chi connectivity index (χ1n) is 7.86. The van der Waals surface area contributed by atoms with Crippen LogP contribution in [-0.4, -0.2) is 21.3 Å². The maximum absolute atomic E-state index is 12.9. The minimum absolute atomic E-state index is 0.0374. The highest BCUT2D eigenvalue weighted by Crippen LogP contribution is 2.51. The molecule has 0 radical (unpaired) electrons. The van der Waals surface area contributed by atoms with Gasteiger partial charge in [0.15, 0.2) is 5.75 Å². The summed E-state index contributed by atoms with van der Waals surface area (Å²) < 4.78 is 62.3. The van der Waals surface area contributed by atoms with Crippen molar-refractivity contribution >= 4 is 31.6 Å². The van der Waals surface area contributed by atoms with Gasteiger partial charge in [-0.1, -0.05) is 12.1 Å². The number of hydrogen-bond acceptors (Lipinski definition) is 4. The van der Waals surface area contributed by atoms with Crippen LogP contribution in [0.3, 0.4) is 0 Å². The van der Waals surface area contributed by atoms with Gasteiger partial charge in [-0.3, -0.25) is 4.72 Å². The van der Waals surface area contributed by atoms with Crippen molar-refractivity contribution in [2.75, 3.05) is 11.0 Å². The van der Waals surface area contributed by atoms with E-state index < -0.39 is 22.7 Å². The molecule has 0 aromatic heterocycles. The molecule has 144 valence electrons. The molecule has 0 saturated carbocycles. The van der Waals surface area contributed by atoms with Gasteiger partial charge in [0.1, 0.15) is 11.9 Å². The average molecular weight is 460 g/mol. The van der Waals surface area contributed by atoms with Gasteiger partial charge in [-0.05, 0) is 45.8 Å². The van der Waals surface area contributed by atoms with E-state index in [-0.39, 0.29) is 5.75 Å². The molecule has 0 amide bonds. The van der Waals surface area contributed by atoms with E-state index in [1.165, 1.54) is 0 Å². The minimum Gasteiger partial charge on any atom is -0.485 e. The van der Waals surface area contributed by atoms with Crippen LogP contribution in [0.2, 0.25) is 0 Å². The van der Waals surface area contributed by atoms with Crippen LogP contribution in [0.4, 0.5) is 14.5 Å². The van der Waals surface area contributed by atoms with Gasteiger partial charge in [0.05, 0.1) is 16.3 Å². The summed E-state index contributed by atoms with van der Waals surface area (Å²) in [4.78, 5) is 0. The summed E-state index contributed by atoms with van der Waals surface area (Å²) in [6.07, 6.45) is 2.74. The first-order valence-corrected chi connectivity index (χ1v) is 10.5. The summed E-state index contributed by atoms with van der Waals surface area (Å²) in [5, 5.41) is 0. The van der Waals surface area contributed by atoms with E-state index in [1.807, 2.05) is 0 Å². The van der Waals surface area contributed by atoms with Crippen molar-refractivity contribution in [3.63, 3.8) is 0 Å². The molecule has 5 nitrogen and oxygen atoms in total. The van der Waals surface area contributed by atoms with Gasteiger partial charge in [0, 0.05) is 17.7 Å². The van der Waals surface area contributed by atoms with Crippen molar-refractivity contribution in [1.82, 2.24) is 0 Å². The predicted molar refractivity (Wildman–Crippen MR) is 103 cm³/mol. The summed E-state index contributed by atoms with van der Waals surface area (Å²) in [6, 6.07) is 8.09. The van der Waals surface area contributed by atoms with Crippen LogP contribution in [0.5, 0.6) is 11.5 Å². The van der Waals surface area contributed by atoms with Crippen molar-refractivity contribution in [3.05, 3.63) is 53.0 Å². The second-order valence-electron chi connectivity index (χ2n) is 5.94. The minimum atomic E-state index is -3.47. The van der Waals surface area contributed by atoms with Gasteiger partial charge < -0.3 is 9.47 Å². The lowest BCUT2D eigenvalue weighted by Gasteiger charge is -2.30.